The number of carbonyl (C=O) groups excluding carboxylic acids is 1. The lowest BCUT2D eigenvalue weighted by atomic mass is 10.1. The van der Waals surface area contributed by atoms with Gasteiger partial charge in [0.2, 0.25) is 0 Å². The van der Waals surface area contributed by atoms with Gasteiger partial charge in [-0.25, -0.2) is 4.39 Å². The summed E-state index contributed by atoms with van der Waals surface area (Å²) in [5.41, 5.74) is 1.78. The third-order valence-electron chi connectivity index (χ3n) is 2.71. The Morgan fingerprint density at radius 1 is 1.47 bits per heavy atom. The van der Waals surface area contributed by atoms with Crippen LogP contribution in [0.3, 0.4) is 0 Å². The predicted molar refractivity (Wildman–Crippen MR) is 58.0 cm³/mol. The minimum atomic E-state index is -0.528. The van der Waals surface area contributed by atoms with Crippen LogP contribution in [0.25, 0.3) is 10.9 Å². The highest BCUT2D eigenvalue weighted by atomic mass is 35.5. The number of fused-ring (bicyclic) bond motifs is 1. The van der Waals surface area contributed by atoms with Gasteiger partial charge in [0.15, 0.2) is 12.1 Å². The normalized spacial score (nSPS) is 10.9. The number of aldehydes is 1. The number of halogens is 2. The number of rotatable bonds is 1. The Morgan fingerprint density at radius 3 is 2.73 bits per heavy atom. The van der Waals surface area contributed by atoms with E-state index in [0.717, 1.165) is 5.69 Å². The van der Waals surface area contributed by atoms with E-state index in [-0.39, 0.29) is 5.02 Å². The fraction of sp³-hybridized carbons (Fsp3) is 0.182. The summed E-state index contributed by atoms with van der Waals surface area (Å²) in [5, 5.41) is 0.341. The maximum Gasteiger partial charge on any atom is 0.152 e. The molecule has 78 valence electrons. The van der Waals surface area contributed by atoms with Gasteiger partial charge >= 0.3 is 0 Å². The van der Waals surface area contributed by atoms with E-state index in [2.05, 4.69) is 0 Å². The summed E-state index contributed by atoms with van der Waals surface area (Å²) >= 11 is 5.68. The lowest BCUT2D eigenvalue weighted by molar-refractivity contribution is 0.112. The molecular weight excluding hydrogens is 217 g/mol. The average molecular weight is 226 g/mol. The first kappa shape index (κ1) is 10.2. The van der Waals surface area contributed by atoms with Crippen LogP contribution in [0, 0.1) is 12.7 Å². The fourth-order valence-electron chi connectivity index (χ4n) is 1.76. The van der Waals surface area contributed by atoms with E-state index in [0.29, 0.717) is 22.8 Å². The van der Waals surface area contributed by atoms with Crippen molar-refractivity contribution in [2.75, 3.05) is 0 Å². The predicted octanol–water partition coefficient (Wildman–Crippen LogP) is 3.09. The van der Waals surface area contributed by atoms with Crippen molar-refractivity contribution in [2.24, 2.45) is 7.05 Å². The molecule has 0 spiro atoms. The lowest BCUT2D eigenvalue weighted by Crippen LogP contribution is -1.91. The Morgan fingerprint density at radius 2 is 2.13 bits per heavy atom. The number of carbonyl (C=O) groups is 1. The van der Waals surface area contributed by atoms with Gasteiger partial charge in [-0.3, -0.25) is 4.79 Å². The zero-order chi connectivity index (χ0) is 11.2. The van der Waals surface area contributed by atoms with Crippen molar-refractivity contribution in [3.63, 3.8) is 0 Å². The minimum absolute atomic E-state index is 0.0381. The Hall–Kier alpha value is -1.35. The van der Waals surface area contributed by atoms with Crippen molar-refractivity contribution in [3.05, 3.63) is 34.2 Å². The van der Waals surface area contributed by atoms with E-state index in [1.807, 2.05) is 0 Å². The van der Waals surface area contributed by atoms with E-state index in [4.69, 9.17) is 11.6 Å². The van der Waals surface area contributed by atoms with Crippen LogP contribution in [0.4, 0.5) is 4.39 Å². The van der Waals surface area contributed by atoms with Gasteiger partial charge in [-0.05, 0) is 19.1 Å². The molecule has 0 radical (unpaired) electrons. The van der Waals surface area contributed by atoms with E-state index in [1.165, 1.54) is 6.07 Å². The number of aryl methyl sites for hydroxylation is 1. The molecule has 0 fully saturated rings. The smallest absolute Gasteiger partial charge is 0.152 e. The molecule has 0 aliphatic heterocycles. The van der Waals surface area contributed by atoms with E-state index in [1.54, 1.807) is 24.6 Å². The monoisotopic (exact) mass is 225 g/mol. The second kappa shape index (κ2) is 3.35. The molecule has 4 heteroatoms. The van der Waals surface area contributed by atoms with Gasteiger partial charge in [0.05, 0.1) is 10.5 Å². The fourth-order valence-corrected chi connectivity index (χ4v) is 1.92. The van der Waals surface area contributed by atoms with Crippen LogP contribution in [0.5, 0.6) is 0 Å². The highest BCUT2D eigenvalue weighted by molar-refractivity contribution is 6.31. The lowest BCUT2D eigenvalue weighted by Gasteiger charge is -1.99. The number of hydrogen-bond donors (Lipinski definition) is 0. The maximum absolute atomic E-state index is 13.7. The quantitative estimate of drug-likeness (QED) is 0.684. The zero-order valence-electron chi connectivity index (χ0n) is 8.34. The maximum atomic E-state index is 13.7. The van der Waals surface area contributed by atoms with Gasteiger partial charge in [-0.2, -0.15) is 0 Å². The van der Waals surface area contributed by atoms with E-state index < -0.39 is 5.82 Å². The van der Waals surface area contributed by atoms with Gasteiger partial charge in [-0.15, -0.1) is 0 Å². The largest absolute Gasteiger partial charge is 0.347 e. The molecule has 0 amide bonds. The molecule has 0 bridgehead atoms. The Balaban J connectivity index is 3.05. The van der Waals surface area contributed by atoms with Gasteiger partial charge in [0, 0.05) is 23.7 Å². The molecule has 1 aromatic carbocycles. The van der Waals surface area contributed by atoms with E-state index >= 15 is 0 Å². The second-order valence-corrected chi connectivity index (χ2v) is 3.84. The van der Waals surface area contributed by atoms with Gasteiger partial charge < -0.3 is 4.57 Å². The first-order valence-corrected chi connectivity index (χ1v) is 4.84. The molecule has 0 saturated carbocycles. The first-order chi connectivity index (χ1) is 7.07. The molecular formula is C11H9ClFNO. The van der Waals surface area contributed by atoms with Crippen LogP contribution in [0.1, 0.15) is 16.1 Å². The zero-order valence-corrected chi connectivity index (χ0v) is 9.10. The first-order valence-electron chi connectivity index (χ1n) is 4.46. The Kier molecular flexibility index (Phi) is 2.27. The van der Waals surface area contributed by atoms with Crippen molar-refractivity contribution in [2.45, 2.75) is 6.92 Å². The molecule has 0 saturated heterocycles. The molecule has 2 aromatic rings. The van der Waals surface area contributed by atoms with Crippen molar-refractivity contribution in [1.82, 2.24) is 4.57 Å². The SMILES string of the molecule is Cc1c(C=O)c2c(F)c(Cl)ccc2n1C. The topological polar surface area (TPSA) is 22.0 Å². The van der Waals surface area contributed by atoms with E-state index in [9.17, 15) is 9.18 Å². The third kappa shape index (κ3) is 1.27. The number of hydrogen-bond acceptors (Lipinski definition) is 1. The van der Waals surface area contributed by atoms with Crippen LogP contribution in [0.2, 0.25) is 5.02 Å². The highest BCUT2D eigenvalue weighted by Crippen LogP contribution is 2.30. The molecule has 15 heavy (non-hydrogen) atoms. The summed E-state index contributed by atoms with van der Waals surface area (Å²) in [6.07, 6.45) is 0.664. The molecule has 0 aliphatic rings. The molecule has 0 atom stereocenters. The summed E-state index contributed by atoms with van der Waals surface area (Å²) in [4.78, 5) is 10.9. The molecule has 0 unspecified atom stereocenters. The molecule has 1 aromatic heterocycles. The standard InChI is InChI=1S/C11H9ClFNO/c1-6-7(5-15)10-9(14(6)2)4-3-8(12)11(10)13/h3-5H,1-2H3. The van der Waals surface area contributed by atoms with Gasteiger partial charge in [0.25, 0.3) is 0 Å². The highest BCUT2D eigenvalue weighted by Gasteiger charge is 2.16. The molecule has 2 nitrogen and oxygen atoms in total. The van der Waals surface area contributed by atoms with Crippen molar-refractivity contribution in [3.8, 4) is 0 Å². The molecule has 2 rings (SSSR count). The third-order valence-corrected chi connectivity index (χ3v) is 3.01. The van der Waals surface area contributed by atoms with Crippen molar-refractivity contribution < 1.29 is 9.18 Å². The van der Waals surface area contributed by atoms with Crippen LogP contribution in [-0.2, 0) is 7.05 Å². The van der Waals surface area contributed by atoms with Crippen molar-refractivity contribution >= 4 is 28.8 Å². The number of aromatic nitrogens is 1. The van der Waals surface area contributed by atoms with Crippen LogP contribution in [-0.4, -0.2) is 10.9 Å². The van der Waals surface area contributed by atoms with Gasteiger partial charge in [-0.1, -0.05) is 11.6 Å². The van der Waals surface area contributed by atoms with Crippen LogP contribution < -0.4 is 0 Å². The summed E-state index contributed by atoms with van der Waals surface area (Å²) in [5.74, 6) is -0.528. The summed E-state index contributed by atoms with van der Waals surface area (Å²) in [6, 6.07) is 3.20. The number of benzene rings is 1. The van der Waals surface area contributed by atoms with Crippen LogP contribution >= 0.6 is 11.6 Å². The van der Waals surface area contributed by atoms with Gasteiger partial charge in [0.1, 0.15) is 0 Å². The second-order valence-electron chi connectivity index (χ2n) is 3.43. The summed E-state index contributed by atoms with van der Waals surface area (Å²) < 4.78 is 15.5. The average Bonchev–Trinajstić information content (AvgIpc) is 2.47. The van der Waals surface area contributed by atoms with Crippen molar-refractivity contribution in [1.29, 1.82) is 0 Å². The Labute approximate surface area is 91.3 Å². The molecule has 0 aliphatic carbocycles. The summed E-state index contributed by atoms with van der Waals surface area (Å²) in [7, 11) is 1.79. The number of nitrogens with zero attached hydrogens (tertiary/aromatic N) is 1. The molecule has 1 heterocycles. The molecule has 0 N–H and O–H groups in total. The van der Waals surface area contributed by atoms with Crippen LogP contribution in [0.15, 0.2) is 12.1 Å². The Bertz CT molecular complexity index is 559. The summed E-state index contributed by atoms with van der Waals surface area (Å²) in [6.45, 7) is 1.77. The minimum Gasteiger partial charge on any atom is -0.347 e.